The van der Waals surface area contributed by atoms with Gasteiger partial charge in [-0.3, -0.25) is 0 Å². The van der Waals surface area contributed by atoms with Gasteiger partial charge in [-0.25, -0.2) is 0 Å². The van der Waals surface area contributed by atoms with Crippen molar-refractivity contribution in [3.8, 4) is 0 Å². The van der Waals surface area contributed by atoms with E-state index >= 15 is 0 Å². The third-order valence-electron chi connectivity index (χ3n) is 0.871. The van der Waals surface area contributed by atoms with E-state index in [4.69, 9.17) is 10.8 Å². The molecule has 0 unspecified atom stereocenters. The van der Waals surface area contributed by atoms with Crippen LogP contribution in [0.3, 0.4) is 0 Å². The first kappa shape index (κ1) is 9.23. The van der Waals surface area contributed by atoms with E-state index in [9.17, 15) is 0 Å². The smallest absolute Gasteiger partial charge is 0.140 e. The molecule has 0 aliphatic rings. The van der Waals surface area contributed by atoms with E-state index in [1.54, 1.807) is 0 Å². The minimum absolute atomic E-state index is 0.0249. The predicted molar refractivity (Wildman–Crippen MR) is 39.6 cm³/mol. The van der Waals surface area contributed by atoms with Crippen molar-refractivity contribution in [2.24, 2.45) is 10.9 Å². The second-order valence-electron chi connectivity index (χ2n) is 1.89. The molecule has 0 aromatic rings. The molecule has 0 spiro atoms. The van der Waals surface area contributed by atoms with Crippen LogP contribution in [0.25, 0.3) is 0 Å². The summed E-state index contributed by atoms with van der Waals surface area (Å²) in [5.41, 5.74) is 5.37. The van der Waals surface area contributed by atoms with Gasteiger partial charge in [0.25, 0.3) is 0 Å². The molecular formula is C6H14N2O2. The highest BCUT2D eigenvalue weighted by molar-refractivity contribution is 5.79. The number of oxime groups is 1. The highest BCUT2D eigenvalue weighted by Gasteiger charge is 1.88. The first-order valence-corrected chi connectivity index (χ1v) is 3.36. The molecule has 0 saturated carbocycles. The van der Waals surface area contributed by atoms with Gasteiger partial charge < -0.3 is 15.7 Å². The fourth-order valence-electron chi connectivity index (χ4n) is 0.471. The van der Waals surface area contributed by atoms with Crippen molar-refractivity contribution in [2.45, 2.75) is 19.8 Å². The molecule has 0 aromatic carbocycles. The average molecular weight is 146 g/mol. The van der Waals surface area contributed by atoms with Gasteiger partial charge in [-0.1, -0.05) is 12.1 Å². The van der Waals surface area contributed by atoms with Gasteiger partial charge in [-0.2, -0.15) is 0 Å². The van der Waals surface area contributed by atoms with E-state index in [-0.39, 0.29) is 13.2 Å². The third-order valence-corrected chi connectivity index (χ3v) is 0.871. The van der Waals surface area contributed by atoms with Crippen molar-refractivity contribution in [3.05, 3.63) is 0 Å². The van der Waals surface area contributed by atoms with Crippen LogP contribution in [-0.4, -0.2) is 24.2 Å². The number of nitrogens with two attached hydrogens (primary N) is 1. The Morgan fingerprint density at radius 2 is 2.40 bits per heavy atom. The lowest BCUT2D eigenvalue weighted by molar-refractivity contribution is 0.0979. The Hall–Kier alpha value is -0.770. The molecule has 4 nitrogen and oxygen atoms in total. The summed E-state index contributed by atoms with van der Waals surface area (Å²) in [5.74, 6) is 0.482. The molecule has 0 aliphatic carbocycles. The number of nitrogens with zero attached hydrogens (tertiary/aromatic N) is 1. The monoisotopic (exact) mass is 146 g/mol. The van der Waals surface area contributed by atoms with Gasteiger partial charge in [-0.15, -0.1) is 0 Å². The van der Waals surface area contributed by atoms with E-state index in [0.29, 0.717) is 5.84 Å². The topological polar surface area (TPSA) is 67.8 Å². The quantitative estimate of drug-likeness (QED) is 0.249. The molecule has 0 aromatic heterocycles. The number of rotatable bonds is 5. The fourth-order valence-corrected chi connectivity index (χ4v) is 0.471. The number of hydrogen-bond acceptors (Lipinski definition) is 3. The summed E-state index contributed by atoms with van der Waals surface area (Å²) in [4.78, 5) is 4.61. The number of aliphatic hydroxyl groups excluding tert-OH is 1. The van der Waals surface area contributed by atoms with Gasteiger partial charge in [0, 0.05) is 6.42 Å². The Balaban J connectivity index is 3.28. The molecule has 0 saturated heterocycles. The Kier molecular flexibility index (Phi) is 5.86. The average Bonchev–Trinajstić information content (AvgIpc) is 1.89. The molecule has 0 aliphatic heterocycles. The van der Waals surface area contributed by atoms with Crippen LogP contribution in [0, 0.1) is 0 Å². The summed E-state index contributed by atoms with van der Waals surface area (Å²) in [6, 6.07) is 0. The van der Waals surface area contributed by atoms with Crippen molar-refractivity contribution < 1.29 is 9.94 Å². The summed E-state index contributed by atoms with van der Waals surface area (Å²) in [6.45, 7) is 2.20. The number of aliphatic hydroxyl groups is 1. The van der Waals surface area contributed by atoms with Crippen LogP contribution in [-0.2, 0) is 4.84 Å². The maximum absolute atomic E-state index is 8.27. The number of hydrogen-bond donors (Lipinski definition) is 2. The second-order valence-corrected chi connectivity index (χ2v) is 1.89. The molecule has 0 heterocycles. The minimum Gasteiger partial charge on any atom is -0.393 e. The van der Waals surface area contributed by atoms with Crippen LogP contribution in [0.2, 0.25) is 0 Å². The SMILES string of the molecule is CCC/C(N)=N/OCCO. The van der Waals surface area contributed by atoms with Gasteiger partial charge in [0.15, 0.2) is 0 Å². The van der Waals surface area contributed by atoms with Crippen LogP contribution >= 0.6 is 0 Å². The van der Waals surface area contributed by atoms with E-state index in [1.165, 1.54) is 0 Å². The lowest BCUT2D eigenvalue weighted by Gasteiger charge is -1.97. The van der Waals surface area contributed by atoms with Gasteiger partial charge in [0.2, 0.25) is 0 Å². The molecule has 3 N–H and O–H groups in total. The molecule has 0 atom stereocenters. The molecule has 0 fully saturated rings. The lowest BCUT2D eigenvalue weighted by atomic mass is 10.3. The van der Waals surface area contributed by atoms with Crippen LogP contribution < -0.4 is 5.73 Å². The predicted octanol–water partition coefficient (Wildman–Crippen LogP) is 0.0676. The zero-order valence-corrected chi connectivity index (χ0v) is 6.21. The molecule has 0 radical (unpaired) electrons. The first-order chi connectivity index (χ1) is 4.81. The van der Waals surface area contributed by atoms with E-state index in [2.05, 4.69) is 9.99 Å². The zero-order valence-electron chi connectivity index (χ0n) is 6.21. The lowest BCUT2D eigenvalue weighted by Crippen LogP contribution is -2.11. The first-order valence-electron chi connectivity index (χ1n) is 3.36. The maximum atomic E-state index is 8.27. The third kappa shape index (κ3) is 5.37. The van der Waals surface area contributed by atoms with Crippen molar-refractivity contribution in [3.63, 3.8) is 0 Å². The Labute approximate surface area is 60.7 Å². The Morgan fingerprint density at radius 3 is 2.90 bits per heavy atom. The summed E-state index contributed by atoms with van der Waals surface area (Å²) in [6.07, 6.45) is 1.70. The molecule has 60 valence electrons. The molecular weight excluding hydrogens is 132 g/mol. The van der Waals surface area contributed by atoms with Crippen LogP contribution in [0.5, 0.6) is 0 Å². The minimum atomic E-state index is -0.0249. The van der Waals surface area contributed by atoms with Crippen molar-refractivity contribution >= 4 is 5.84 Å². The summed E-state index contributed by atoms with van der Waals surface area (Å²) in [5, 5.41) is 11.8. The highest BCUT2D eigenvalue weighted by Crippen LogP contribution is 1.86. The Bertz CT molecular complexity index is 104. The normalized spacial score (nSPS) is 11.6. The largest absolute Gasteiger partial charge is 0.393 e. The summed E-state index contributed by atoms with van der Waals surface area (Å²) < 4.78 is 0. The number of amidine groups is 1. The molecule has 0 bridgehead atoms. The van der Waals surface area contributed by atoms with Gasteiger partial charge in [0.05, 0.1) is 6.61 Å². The fraction of sp³-hybridized carbons (Fsp3) is 0.833. The van der Waals surface area contributed by atoms with Crippen molar-refractivity contribution in [2.75, 3.05) is 13.2 Å². The van der Waals surface area contributed by atoms with Gasteiger partial charge in [0.1, 0.15) is 12.4 Å². The summed E-state index contributed by atoms with van der Waals surface area (Å²) >= 11 is 0. The molecule has 10 heavy (non-hydrogen) atoms. The van der Waals surface area contributed by atoms with Gasteiger partial charge >= 0.3 is 0 Å². The Morgan fingerprint density at radius 1 is 1.70 bits per heavy atom. The van der Waals surface area contributed by atoms with Crippen molar-refractivity contribution in [1.29, 1.82) is 0 Å². The van der Waals surface area contributed by atoms with E-state index in [1.807, 2.05) is 6.92 Å². The summed E-state index contributed by atoms with van der Waals surface area (Å²) in [7, 11) is 0. The maximum Gasteiger partial charge on any atom is 0.140 e. The highest BCUT2D eigenvalue weighted by atomic mass is 16.6. The van der Waals surface area contributed by atoms with E-state index < -0.39 is 0 Å². The zero-order chi connectivity index (χ0) is 7.82. The molecule has 0 rings (SSSR count). The van der Waals surface area contributed by atoms with Crippen LogP contribution in [0.4, 0.5) is 0 Å². The van der Waals surface area contributed by atoms with Crippen molar-refractivity contribution in [1.82, 2.24) is 0 Å². The molecule has 0 amide bonds. The van der Waals surface area contributed by atoms with E-state index in [0.717, 1.165) is 12.8 Å². The van der Waals surface area contributed by atoms with Crippen LogP contribution in [0.1, 0.15) is 19.8 Å². The molecule has 4 heteroatoms. The van der Waals surface area contributed by atoms with Crippen LogP contribution in [0.15, 0.2) is 5.16 Å². The second kappa shape index (κ2) is 6.35. The van der Waals surface area contributed by atoms with Gasteiger partial charge in [-0.05, 0) is 6.42 Å². The standard InChI is InChI=1S/C6H14N2O2/c1-2-3-6(7)8-10-5-4-9/h9H,2-5H2,1H3,(H2,7,8).